The highest BCUT2D eigenvalue weighted by Crippen LogP contribution is 2.25. The molecular formula is C12H15NO. The number of rotatable bonds is 3. The zero-order valence-electron chi connectivity index (χ0n) is 8.66. The van der Waals surface area contributed by atoms with Crippen molar-refractivity contribution < 1.29 is 4.42 Å². The van der Waals surface area contributed by atoms with Gasteiger partial charge in [0.15, 0.2) is 5.88 Å². The van der Waals surface area contributed by atoms with Crippen LogP contribution in [0.2, 0.25) is 0 Å². The van der Waals surface area contributed by atoms with Crippen molar-refractivity contribution in [2.24, 2.45) is 0 Å². The maximum atomic E-state index is 5.74. The molecule has 0 aliphatic rings. The quantitative estimate of drug-likeness (QED) is 0.736. The van der Waals surface area contributed by atoms with Crippen LogP contribution >= 0.6 is 0 Å². The maximum Gasteiger partial charge on any atom is 0.196 e. The lowest BCUT2D eigenvalue weighted by Crippen LogP contribution is -2.20. The van der Waals surface area contributed by atoms with Gasteiger partial charge in [-0.05, 0) is 19.9 Å². The van der Waals surface area contributed by atoms with Gasteiger partial charge in [-0.15, -0.1) is 0 Å². The van der Waals surface area contributed by atoms with Crippen LogP contribution in [0.25, 0.3) is 11.0 Å². The van der Waals surface area contributed by atoms with Crippen LogP contribution in [0.3, 0.4) is 0 Å². The van der Waals surface area contributed by atoms with Gasteiger partial charge in [0.1, 0.15) is 5.58 Å². The molecular weight excluding hydrogens is 174 g/mol. The van der Waals surface area contributed by atoms with Gasteiger partial charge in [-0.1, -0.05) is 18.2 Å². The lowest BCUT2D eigenvalue weighted by molar-refractivity contribution is 0.590. The van der Waals surface area contributed by atoms with E-state index in [9.17, 15) is 0 Å². The third-order valence-electron chi connectivity index (χ3n) is 2.49. The highest BCUT2D eigenvalue weighted by Gasteiger charge is 2.07. The molecule has 74 valence electrons. The normalized spacial score (nSPS) is 10.7. The number of nitrogens with zero attached hydrogens (tertiary/aromatic N) is 1. The van der Waals surface area contributed by atoms with Gasteiger partial charge in [-0.2, -0.15) is 0 Å². The van der Waals surface area contributed by atoms with E-state index in [0.717, 1.165) is 24.6 Å². The van der Waals surface area contributed by atoms with E-state index in [-0.39, 0.29) is 0 Å². The van der Waals surface area contributed by atoms with Crippen molar-refractivity contribution in [2.45, 2.75) is 13.8 Å². The van der Waals surface area contributed by atoms with E-state index in [2.05, 4.69) is 30.9 Å². The minimum Gasteiger partial charge on any atom is -0.441 e. The molecule has 0 spiro atoms. The smallest absolute Gasteiger partial charge is 0.196 e. The van der Waals surface area contributed by atoms with Crippen molar-refractivity contribution in [1.29, 1.82) is 0 Å². The molecule has 0 unspecified atom stereocenters. The first-order valence-electron chi connectivity index (χ1n) is 5.08. The van der Waals surface area contributed by atoms with Crippen molar-refractivity contribution >= 4 is 16.9 Å². The summed E-state index contributed by atoms with van der Waals surface area (Å²) in [6, 6.07) is 10.2. The van der Waals surface area contributed by atoms with E-state index in [1.165, 1.54) is 5.39 Å². The molecule has 1 heterocycles. The number of hydrogen-bond acceptors (Lipinski definition) is 2. The summed E-state index contributed by atoms with van der Waals surface area (Å²) in [5, 5.41) is 1.18. The second-order valence-corrected chi connectivity index (χ2v) is 3.29. The molecule has 1 aromatic heterocycles. The number of anilines is 1. The molecule has 0 saturated heterocycles. The predicted molar refractivity (Wildman–Crippen MR) is 59.8 cm³/mol. The van der Waals surface area contributed by atoms with E-state index in [1.54, 1.807) is 0 Å². The molecule has 0 fully saturated rings. The highest BCUT2D eigenvalue weighted by atomic mass is 16.4. The Morgan fingerprint density at radius 1 is 1.14 bits per heavy atom. The highest BCUT2D eigenvalue weighted by molar-refractivity contribution is 5.80. The molecule has 2 aromatic rings. The average Bonchev–Trinajstić information content (AvgIpc) is 2.63. The first kappa shape index (κ1) is 9.13. The summed E-state index contributed by atoms with van der Waals surface area (Å²) in [6.45, 7) is 6.24. The number of para-hydroxylation sites is 1. The van der Waals surface area contributed by atoms with E-state index in [4.69, 9.17) is 4.42 Å². The van der Waals surface area contributed by atoms with E-state index >= 15 is 0 Å². The van der Waals surface area contributed by atoms with Crippen LogP contribution in [-0.4, -0.2) is 13.1 Å². The Labute approximate surface area is 84.1 Å². The molecule has 0 radical (unpaired) electrons. The van der Waals surface area contributed by atoms with Crippen LogP contribution < -0.4 is 4.90 Å². The summed E-state index contributed by atoms with van der Waals surface area (Å²) in [6.07, 6.45) is 0. The van der Waals surface area contributed by atoms with Gasteiger partial charge >= 0.3 is 0 Å². The summed E-state index contributed by atoms with van der Waals surface area (Å²) >= 11 is 0. The van der Waals surface area contributed by atoms with Gasteiger partial charge in [-0.25, -0.2) is 0 Å². The third kappa shape index (κ3) is 1.48. The fourth-order valence-corrected chi connectivity index (χ4v) is 1.66. The van der Waals surface area contributed by atoms with E-state index in [0.29, 0.717) is 0 Å². The summed E-state index contributed by atoms with van der Waals surface area (Å²) in [7, 11) is 0. The van der Waals surface area contributed by atoms with Gasteiger partial charge in [0, 0.05) is 24.5 Å². The lowest BCUT2D eigenvalue weighted by atomic mass is 10.2. The molecule has 0 amide bonds. The SMILES string of the molecule is CCN(CC)c1cc2ccccc2o1. The Morgan fingerprint density at radius 2 is 1.86 bits per heavy atom. The molecule has 0 N–H and O–H groups in total. The minimum atomic E-state index is 0.967. The van der Waals surface area contributed by atoms with E-state index < -0.39 is 0 Å². The molecule has 2 nitrogen and oxygen atoms in total. The van der Waals surface area contributed by atoms with Gasteiger partial charge in [0.2, 0.25) is 0 Å². The van der Waals surface area contributed by atoms with Crippen LogP contribution in [0.5, 0.6) is 0 Å². The number of fused-ring (bicyclic) bond motifs is 1. The van der Waals surface area contributed by atoms with Gasteiger partial charge in [-0.3, -0.25) is 0 Å². The minimum absolute atomic E-state index is 0.967. The molecule has 0 bridgehead atoms. The third-order valence-corrected chi connectivity index (χ3v) is 2.49. The first-order chi connectivity index (χ1) is 6.85. The number of furan rings is 1. The summed E-state index contributed by atoms with van der Waals surface area (Å²) in [5.41, 5.74) is 0.967. The molecule has 0 saturated carbocycles. The largest absolute Gasteiger partial charge is 0.441 e. The second-order valence-electron chi connectivity index (χ2n) is 3.29. The molecule has 14 heavy (non-hydrogen) atoms. The fourth-order valence-electron chi connectivity index (χ4n) is 1.66. The molecule has 2 rings (SSSR count). The van der Waals surface area contributed by atoms with Gasteiger partial charge < -0.3 is 9.32 Å². The zero-order valence-corrected chi connectivity index (χ0v) is 8.66. The van der Waals surface area contributed by atoms with Crippen molar-refractivity contribution in [1.82, 2.24) is 0 Å². The Morgan fingerprint density at radius 3 is 2.50 bits per heavy atom. The van der Waals surface area contributed by atoms with Gasteiger partial charge in [0.05, 0.1) is 0 Å². The number of benzene rings is 1. The van der Waals surface area contributed by atoms with Crippen LogP contribution in [0, 0.1) is 0 Å². The molecule has 2 heteroatoms. The Hall–Kier alpha value is -1.44. The van der Waals surface area contributed by atoms with Gasteiger partial charge in [0.25, 0.3) is 0 Å². The Kier molecular flexibility index (Phi) is 2.44. The predicted octanol–water partition coefficient (Wildman–Crippen LogP) is 3.28. The Bertz CT molecular complexity index is 382. The van der Waals surface area contributed by atoms with Crippen LogP contribution in [0.15, 0.2) is 34.7 Å². The zero-order chi connectivity index (χ0) is 9.97. The summed E-state index contributed by atoms with van der Waals surface area (Å²) < 4.78 is 5.74. The van der Waals surface area contributed by atoms with Crippen LogP contribution in [0.1, 0.15) is 13.8 Å². The first-order valence-corrected chi connectivity index (χ1v) is 5.08. The monoisotopic (exact) mass is 189 g/mol. The van der Waals surface area contributed by atoms with Crippen molar-refractivity contribution in [3.63, 3.8) is 0 Å². The topological polar surface area (TPSA) is 16.4 Å². The lowest BCUT2D eigenvalue weighted by Gasteiger charge is -2.16. The molecule has 1 aromatic carbocycles. The molecule has 0 aliphatic heterocycles. The molecule has 0 atom stereocenters. The maximum absolute atomic E-state index is 5.74. The van der Waals surface area contributed by atoms with Crippen LogP contribution in [-0.2, 0) is 0 Å². The standard InChI is InChI=1S/C12H15NO/c1-3-13(4-2)12-9-10-7-5-6-8-11(10)14-12/h5-9H,3-4H2,1-2H3. The number of hydrogen-bond donors (Lipinski definition) is 0. The summed E-state index contributed by atoms with van der Waals surface area (Å²) in [5.74, 6) is 0.969. The van der Waals surface area contributed by atoms with Crippen molar-refractivity contribution in [3.8, 4) is 0 Å². The average molecular weight is 189 g/mol. The Balaban J connectivity index is 2.43. The molecule has 0 aliphatic carbocycles. The second kappa shape index (κ2) is 3.74. The van der Waals surface area contributed by atoms with E-state index in [1.807, 2.05) is 18.2 Å². The fraction of sp³-hybridized carbons (Fsp3) is 0.333. The van der Waals surface area contributed by atoms with Crippen molar-refractivity contribution in [3.05, 3.63) is 30.3 Å². The van der Waals surface area contributed by atoms with Crippen LogP contribution in [0.4, 0.5) is 5.88 Å². The van der Waals surface area contributed by atoms with Crippen molar-refractivity contribution in [2.75, 3.05) is 18.0 Å². The summed E-state index contributed by atoms with van der Waals surface area (Å²) in [4.78, 5) is 2.21.